The van der Waals surface area contributed by atoms with Gasteiger partial charge in [0.15, 0.2) is 0 Å². The van der Waals surface area contributed by atoms with Crippen LogP contribution in [0.1, 0.15) is 6.92 Å². The summed E-state index contributed by atoms with van der Waals surface area (Å²) >= 11 is 0. The van der Waals surface area contributed by atoms with Gasteiger partial charge in [-0.1, -0.05) is 6.58 Å². The van der Waals surface area contributed by atoms with Gasteiger partial charge in [-0.15, -0.1) is 5.10 Å². The summed E-state index contributed by atoms with van der Waals surface area (Å²) in [7, 11) is 0. The van der Waals surface area contributed by atoms with Gasteiger partial charge in [0, 0.05) is 0 Å². The van der Waals surface area contributed by atoms with E-state index < -0.39 is 0 Å². The zero-order chi connectivity index (χ0) is 7.28. The first-order valence-electron chi connectivity index (χ1n) is 2.42. The molecule has 0 heterocycles. The summed E-state index contributed by atoms with van der Waals surface area (Å²) in [5, 5.41) is 6.96. The van der Waals surface area contributed by atoms with Gasteiger partial charge in [0.2, 0.25) is 5.96 Å². The first-order valence-corrected chi connectivity index (χ1v) is 2.42. The molecule has 0 saturated heterocycles. The molecule has 4 N–H and O–H groups in total. The van der Waals surface area contributed by atoms with Crippen LogP contribution in [0.2, 0.25) is 0 Å². The summed E-state index contributed by atoms with van der Waals surface area (Å²) in [6, 6.07) is 0. The highest BCUT2D eigenvalue weighted by atomic mass is 15.3. The Bertz CT molecular complexity index is 152. The second-order valence-electron chi connectivity index (χ2n) is 1.47. The van der Waals surface area contributed by atoms with Crippen molar-refractivity contribution in [3.05, 3.63) is 12.7 Å². The van der Waals surface area contributed by atoms with Crippen molar-refractivity contribution in [3.8, 4) is 0 Å². The van der Waals surface area contributed by atoms with E-state index in [2.05, 4.69) is 16.8 Å². The molecular weight excluding hydrogens is 116 g/mol. The molecule has 4 heteroatoms. The normalized spacial score (nSPS) is 10.6. The summed E-state index contributed by atoms with van der Waals surface area (Å²) in [6.45, 7) is 5.21. The van der Waals surface area contributed by atoms with Gasteiger partial charge >= 0.3 is 0 Å². The average Bonchev–Trinajstić information content (AvgIpc) is 1.83. The molecule has 4 nitrogen and oxygen atoms in total. The molecule has 0 spiro atoms. The second-order valence-corrected chi connectivity index (χ2v) is 1.47. The van der Waals surface area contributed by atoms with Crippen molar-refractivity contribution >= 4 is 11.7 Å². The van der Waals surface area contributed by atoms with E-state index in [1.54, 1.807) is 13.0 Å². The standard InChI is InChI=1S/C5H10N4/c1-3-4(2)8-9-5(6)7/h3H,1H2,2H3,(H4,6,7,9). The van der Waals surface area contributed by atoms with Crippen molar-refractivity contribution in [1.29, 1.82) is 0 Å². The van der Waals surface area contributed by atoms with Crippen LogP contribution in [0.4, 0.5) is 0 Å². The number of nitrogens with zero attached hydrogens (tertiary/aromatic N) is 2. The highest BCUT2D eigenvalue weighted by Crippen LogP contribution is 1.77. The Morgan fingerprint density at radius 3 is 2.33 bits per heavy atom. The lowest BCUT2D eigenvalue weighted by atomic mass is 10.4. The molecule has 0 rings (SSSR count). The number of hydrogen-bond donors (Lipinski definition) is 2. The van der Waals surface area contributed by atoms with Gasteiger partial charge in [0.05, 0.1) is 5.71 Å². The number of hydrogen-bond acceptors (Lipinski definition) is 2. The Labute approximate surface area is 53.9 Å². The van der Waals surface area contributed by atoms with Gasteiger partial charge < -0.3 is 11.5 Å². The third-order valence-electron chi connectivity index (χ3n) is 0.619. The minimum Gasteiger partial charge on any atom is -0.369 e. The lowest BCUT2D eigenvalue weighted by molar-refractivity contribution is 1.20. The van der Waals surface area contributed by atoms with E-state index in [4.69, 9.17) is 11.5 Å². The first kappa shape index (κ1) is 7.68. The Kier molecular flexibility index (Phi) is 3.12. The minimum atomic E-state index is -0.0452. The van der Waals surface area contributed by atoms with Crippen LogP contribution in [0.3, 0.4) is 0 Å². The first-order chi connectivity index (χ1) is 4.16. The lowest BCUT2D eigenvalue weighted by Gasteiger charge is -1.85. The number of allylic oxidation sites excluding steroid dienone is 1. The maximum atomic E-state index is 4.98. The monoisotopic (exact) mass is 126 g/mol. The summed E-state index contributed by atoms with van der Waals surface area (Å²) < 4.78 is 0. The molecule has 0 atom stereocenters. The number of guanidine groups is 1. The second kappa shape index (κ2) is 3.65. The molecule has 0 aliphatic carbocycles. The van der Waals surface area contributed by atoms with Crippen LogP contribution >= 0.6 is 0 Å². The number of nitrogens with two attached hydrogens (primary N) is 2. The third-order valence-corrected chi connectivity index (χ3v) is 0.619. The Morgan fingerprint density at radius 2 is 2.00 bits per heavy atom. The van der Waals surface area contributed by atoms with Crippen molar-refractivity contribution < 1.29 is 0 Å². The SMILES string of the molecule is C=CC(C)=NN=C(N)N. The van der Waals surface area contributed by atoms with E-state index in [9.17, 15) is 0 Å². The van der Waals surface area contributed by atoms with E-state index in [-0.39, 0.29) is 5.96 Å². The molecule has 0 aliphatic heterocycles. The molecule has 0 saturated carbocycles. The van der Waals surface area contributed by atoms with Gasteiger partial charge in [-0.2, -0.15) is 5.10 Å². The molecule has 0 fully saturated rings. The predicted octanol–water partition coefficient (Wildman–Crippen LogP) is -0.178. The van der Waals surface area contributed by atoms with Crippen LogP contribution in [0.15, 0.2) is 22.9 Å². The fraction of sp³-hybridized carbons (Fsp3) is 0.200. The lowest BCUT2D eigenvalue weighted by Crippen LogP contribution is -2.21. The molecule has 0 amide bonds. The fourth-order valence-corrected chi connectivity index (χ4v) is 0.177. The summed E-state index contributed by atoms with van der Waals surface area (Å²) in [6.07, 6.45) is 1.56. The maximum Gasteiger partial charge on any atom is 0.211 e. The van der Waals surface area contributed by atoms with Crippen molar-refractivity contribution in [2.75, 3.05) is 0 Å². The van der Waals surface area contributed by atoms with E-state index in [1.807, 2.05) is 0 Å². The molecule has 0 unspecified atom stereocenters. The summed E-state index contributed by atoms with van der Waals surface area (Å²) in [5.41, 5.74) is 10.6. The molecule has 0 aromatic rings. The summed E-state index contributed by atoms with van der Waals surface area (Å²) in [5.74, 6) is -0.0452. The zero-order valence-corrected chi connectivity index (χ0v) is 5.33. The molecule has 0 bridgehead atoms. The largest absolute Gasteiger partial charge is 0.369 e. The molecule has 0 aromatic heterocycles. The molecule has 0 aliphatic rings. The van der Waals surface area contributed by atoms with Crippen LogP contribution in [0, 0.1) is 0 Å². The van der Waals surface area contributed by atoms with Gasteiger partial charge in [-0.3, -0.25) is 0 Å². The van der Waals surface area contributed by atoms with Gasteiger partial charge in [-0.05, 0) is 13.0 Å². The highest BCUT2D eigenvalue weighted by Gasteiger charge is 1.77. The van der Waals surface area contributed by atoms with E-state index >= 15 is 0 Å². The predicted molar refractivity (Wildman–Crippen MR) is 39.1 cm³/mol. The smallest absolute Gasteiger partial charge is 0.211 e. The summed E-state index contributed by atoms with van der Waals surface area (Å²) in [4.78, 5) is 0. The molecule has 0 radical (unpaired) electrons. The third kappa shape index (κ3) is 4.53. The van der Waals surface area contributed by atoms with Gasteiger partial charge in [-0.25, -0.2) is 0 Å². The van der Waals surface area contributed by atoms with E-state index in [1.165, 1.54) is 0 Å². The fourth-order valence-electron chi connectivity index (χ4n) is 0.177. The molecular formula is C5H10N4. The maximum absolute atomic E-state index is 4.98. The van der Waals surface area contributed by atoms with Gasteiger partial charge in [0.25, 0.3) is 0 Å². The van der Waals surface area contributed by atoms with Crippen LogP contribution in [0.25, 0.3) is 0 Å². The Morgan fingerprint density at radius 1 is 1.44 bits per heavy atom. The molecule has 50 valence electrons. The Hall–Kier alpha value is -1.32. The van der Waals surface area contributed by atoms with Crippen molar-refractivity contribution in [3.63, 3.8) is 0 Å². The van der Waals surface area contributed by atoms with Crippen molar-refractivity contribution in [1.82, 2.24) is 0 Å². The quantitative estimate of drug-likeness (QED) is 0.306. The average molecular weight is 126 g/mol. The number of rotatable bonds is 2. The van der Waals surface area contributed by atoms with Crippen LogP contribution in [0.5, 0.6) is 0 Å². The van der Waals surface area contributed by atoms with Crippen molar-refractivity contribution in [2.24, 2.45) is 21.7 Å². The van der Waals surface area contributed by atoms with Crippen LogP contribution in [-0.4, -0.2) is 11.7 Å². The molecule has 0 aromatic carbocycles. The minimum absolute atomic E-state index is 0.0452. The zero-order valence-electron chi connectivity index (χ0n) is 5.33. The molecule has 9 heavy (non-hydrogen) atoms. The highest BCUT2D eigenvalue weighted by molar-refractivity contribution is 5.92. The Balaban J connectivity index is 3.98. The van der Waals surface area contributed by atoms with Crippen LogP contribution in [-0.2, 0) is 0 Å². The van der Waals surface area contributed by atoms with Crippen LogP contribution < -0.4 is 11.5 Å². The van der Waals surface area contributed by atoms with E-state index in [0.29, 0.717) is 5.71 Å². The van der Waals surface area contributed by atoms with Crippen molar-refractivity contribution in [2.45, 2.75) is 6.92 Å². The topological polar surface area (TPSA) is 76.8 Å². The van der Waals surface area contributed by atoms with Gasteiger partial charge in [0.1, 0.15) is 0 Å². The van der Waals surface area contributed by atoms with E-state index in [0.717, 1.165) is 0 Å².